The number of para-hydroxylation sites is 1. The van der Waals surface area contributed by atoms with E-state index in [0.29, 0.717) is 29.3 Å². The first kappa shape index (κ1) is 26.4. The van der Waals surface area contributed by atoms with Gasteiger partial charge in [-0.25, -0.2) is 26.3 Å². The molecule has 210 valence electrons. The van der Waals surface area contributed by atoms with Crippen LogP contribution in [0.5, 0.6) is 11.5 Å². The van der Waals surface area contributed by atoms with Crippen molar-refractivity contribution in [3.05, 3.63) is 95.1 Å². The van der Waals surface area contributed by atoms with Crippen molar-refractivity contribution < 1.29 is 31.1 Å². The number of ketones is 1. The molecule has 0 saturated heterocycles. The largest absolute Gasteiger partial charge is 0.454 e. The van der Waals surface area contributed by atoms with E-state index in [4.69, 9.17) is 10.5 Å². The molecule has 0 spiro atoms. The van der Waals surface area contributed by atoms with Gasteiger partial charge in [-0.3, -0.25) is 9.52 Å². The van der Waals surface area contributed by atoms with Crippen LogP contribution in [-0.2, 0) is 10.0 Å². The van der Waals surface area contributed by atoms with Crippen LogP contribution in [0.4, 0.5) is 24.7 Å². The van der Waals surface area contributed by atoms with Gasteiger partial charge in [-0.1, -0.05) is 12.1 Å². The Morgan fingerprint density at radius 3 is 2.54 bits per heavy atom. The van der Waals surface area contributed by atoms with Gasteiger partial charge >= 0.3 is 0 Å². The van der Waals surface area contributed by atoms with Gasteiger partial charge in [0.2, 0.25) is 15.8 Å². The third-order valence-electron chi connectivity index (χ3n) is 6.72. The Balaban J connectivity index is 1.29. The highest BCUT2D eigenvalue weighted by atomic mass is 32.2. The lowest BCUT2D eigenvalue weighted by atomic mass is 10.1. The van der Waals surface area contributed by atoms with Crippen molar-refractivity contribution in [2.24, 2.45) is 0 Å². The Labute approximate surface area is 231 Å². The number of carbonyl (C=O) groups excluding carboxylic acids is 1. The fraction of sp³-hybridized carbons (Fsp3) is 0.143. The molecule has 1 fully saturated rings. The highest BCUT2D eigenvalue weighted by molar-refractivity contribution is 7.93. The number of halogens is 3. The van der Waals surface area contributed by atoms with Gasteiger partial charge in [0.05, 0.1) is 28.4 Å². The third kappa shape index (κ3) is 4.88. The normalized spacial score (nSPS) is 13.5. The molecular formula is C28H22F3N5O4S. The molecule has 0 unspecified atom stereocenters. The van der Waals surface area contributed by atoms with Gasteiger partial charge in [0, 0.05) is 17.0 Å². The average Bonchev–Trinajstić information content (AvgIpc) is 3.61. The number of H-pyrrole nitrogens is 1. The van der Waals surface area contributed by atoms with Gasteiger partial charge in [-0.2, -0.15) is 5.10 Å². The van der Waals surface area contributed by atoms with Gasteiger partial charge in [0.1, 0.15) is 23.1 Å². The van der Waals surface area contributed by atoms with Crippen LogP contribution in [0, 0.1) is 24.4 Å². The molecule has 9 nitrogen and oxygen atoms in total. The molecule has 0 radical (unpaired) electrons. The lowest BCUT2D eigenvalue weighted by molar-refractivity contribution is 0.103. The summed E-state index contributed by atoms with van der Waals surface area (Å²) in [7, 11) is -3.69. The van der Waals surface area contributed by atoms with E-state index < -0.39 is 38.5 Å². The average molecular weight is 582 g/mol. The van der Waals surface area contributed by atoms with E-state index in [-0.39, 0.29) is 39.9 Å². The number of nitrogen functional groups attached to an aromatic ring is 1. The zero-order chi connectivity index (χ0) is 29.1. The van der Waals surface area contributed by atoms with Crippen molar-refractivity contribution in [2.45, 2.75) is 25.0 Å². The fourth-order valence-corrected chi connectivity index (χ4v) is 5.90. The van der Waals surface area contributed by atoms with Crippen molar-refractivity contribution in [2.75, 3.05) is 10.5 Å². The number of aromatic nitrogens is 3. The maximum atomic E-state index is 15.2. The predicted octanol–water partition coefficient (Wildman–Crippen LogP) is 5.59. The van der Waals surface area contributed by atoms with Crippen LogP contribution in [-0.4, -0.2) is 34.2 Å². The second-order valence-electron chi connectivity index (χ2n) is 9.74. The summed E-state index contributed by atoms with van der Waals surface area (Å²) in [6.45, 7) is 1.58. The van der Waals surface area contributed by atoms with Gasteiger partial charge < -0.3 is 15.5 Å². The Kier molecular flexibility index (Phi) is 6.25. The van der Waals surface area contributed by atoms with E-state index >= 15 is 4.39 Å². The van der Waals surface area contributed by atoms with E-state index in [0.717, 1.165) is 16.8 Å². The Bertz CT molecular complexity index is 1940. The minimum Gasteiger partial charge on any atom is -0.454 e. The summed E-state index contributed by atoms with van der Waals surface area (Å²) in [5.41, 5.74) is 6.63. The molecule has 0 bridgehead atoms. The smallest absolute Gasteiger partial charge is 0.235 e. The first-order valence-corrected chi connectivity index (χ1v) is 14.0. The summed E-state index contributed by atoms with van der Waals surface area (Å²) in [5.74, 6) is -2.93. The van der Waals surface area contributed by atoms with Gasteiger partial charge in [-0.05, 0) is 61.7 Å². The van der Waals surface area contributed by atoms with E-state index in [9.17, 15) is 22.0 Å². The molecule has 6 rings (SSSR count). The number of nitrogens with one attached hydrogen (secondary N) is 2. The Morgan fingerprint density at radius 2 is 1.83 bits per heavy atom. The zero-order valence-electron chi connectivity index (χ0n) is 21.4. The van der Waals surface area contributed by atoms with Crippen LogP contribution in [0.15, 0.2) is 60.8 Å². The molecule has 0 amide bonds. The quantitative estimate of drug-likeness (QED) is 0.205. The van der Waals surface area contributed by atoms with E-state index in [2.05, 4.69) is 14.8 Å². The van der Waals surface area contributed by atoms with Gasteiger partial charge in [-0.15, -0.1) is 0 Å². The zero-order valence-corrected chi connectivity index (χ0v) is 22.2. The van der Waals surface area contributed by atoms with Gasteiger partial charge in [0.15, 0.2) is 17.4 Å². The number of hydrogen-bond donors (Lipinski definition) is 3. The second-order valence-corrected chi connectivity index (χ2v) is 11.7. The highest BCUT2D eigenvalue weighted by Gasteiger charge is 2.36. The maximum absolute atomic E-state index is 15.2. The molecule has 3 aromatic carbocycles. The predicted molar refractivity (Wildman–Crippen MR) is 146 cm³/mol. The third-order valence-corrected chi connectivity index (χ3v) is 8.58. The van der Waals surface area contributed by atoms with E-state index in [1.807, 2.05) is 0 Å². The SMILES string of the molecule is Cc1cc(Oc2ccccc2F)cc(F)c1-n1ncc(C(=O)c2cc3cc(F)c(NS(=O)(=O)C4CC4)cc3[nH]2)c1N. The molecule has 1 aliphatic rings. The van der Waals surface area contributed by atoms with E-state index in [1.165, 1.54) is 42.6 Å². The van der Waals surface area contributed by atoms with Crippen LogP contribution in [0.25, 0.3) is 16.6 Å². The molecule has 41 heavy (non-hydrogen) atoms. The summed E-state index contributed by atoms with van der Waals surface area (Å²) in [4.78, 5) is 16.2. The van der Waals surface area contributed by atoms with Crippen molar-refractivity contribution in [1.29, 1.82) is 0 Å². The molecule has 0 atom stereocenters. The molecule has 2 heterocycles. The topological polar surface area (TPSA) is 132 Å². The minimum atomic E-state index is -3.69. The monoisotopic (exact) mass is 581 g/mol. The van der Waals surface area contributed by atoms with Crippen LogP contribution in [0.2, 0.25) is 0 Å². The molecule has 0 aliphatic heterocycles. The van der Waals surface area contributed by atoms with Crippen LogP contribution in [0.1, 0.15) is 34.5 Å². The first-order valence-electron chi connectivity index (χ1n) is 12.5. The lowest BCUT2D eigenvalue weighted by Gasteiger charge is -2.13. The molecule has 1 saturated carbocycles. The van der Waals surface area contributed by atoms with Crippen molar-refractivity contribution in [3.8, 4) is 17.2 Å². The van der Waals surface area contributed by atoms with E-state index in [1.54, 1.807) is 13.0 Å². The van der Waals surface area contributed by atoms with Crippen molar-refractivity contribution in [3.63, 3.8) is 0 Å². The Hall–Kier alpha value is -4.78. The van der Waals surface area contributed by atoms with Crippen LogP contribution in [0.3, 0.4) is 0 Å². The fourth-order valence-electron chi connectivity index (χ4n) is 4.51. The van der Waals surface area contributed by atoms with Crippen LogP contribution >= 0.6 is 0 Å². The number of rotatable bonds is 8. The molecule has 13 heteroatoms. The number of anilines is 2. The number of carbonyl (C=O) groups is 1. The summed E-state index contributed by atoms with van der Waals surface area (Å²) in [6, 6.07) is 12.0. The minimum absolute atomic E-state index is 0.0336. The number of aromatic amines is 1. The summed E-state index contributed by atoms with van der Waals surface area (Å²) in [6.07, 6.45) is 2.22. The van der Waals surface area contributed by atoms with Crippen molar-refractivity contribution >= 4 is 38.2 Å². The summed E-state index contributed by atoms with van der Waals surface area (Å²) in [5, 5.41) is 3.90. The number of nitrogens with two attached hydrogens (primary N) is 1. The molecule has 1 aliphatic carbocycles. The maximum Gasteiger partial charge on any atom is 0.235 e. The Morgan fingerprint density at radius 1 is 1.07 bits per heavy atom. The lowest BCUT2D eigenvalue weighted by Crippen LogP contribution is -2.18. The number of fused-ring (bicyclic) bond motifs is 1. The number of ether oxygens (including phenoxy) is 1. The number of hydrogen-bond acceptors (Lipinski definition) is 6. The number of aryl methyl sites for hydroxylation is 1. The number of nitrogens with zero attached hydrogens (tertiary/aromatic N) is 2. The standard InChI is InChI=1S/C28H22F3N5O4S/c1-14-8-16(40-25-5-3-2-4-19(25)29)11-21(31)26(14)36-28(32)18(13-33-36)27(37)24-10-15-9-20(30)23(12-22(15)34-24)35-41(38,39)17-6-7-17/h2-5,8-13,17,34-35H,6-7,32H2,1H3. The van der Waals surface area contributed by atoms with Gasteiger partial charge in [0.25, 0.3) is 0 Å². The molecule has 4 N–H and O–H groups in total. The highest BCUT2D eigenvalue weighted by Crippen LogP contribution is 2.33. The van der Waals surface area contributed by atoms with Crippen molar-refractivity contribution in [1.82, 2.24) is 14.8 Å². The molecule has 2 aromatic heterocycles. The number of benzene rings is 3. The van der Waals surface area contributed by atoms with Crippen LogP contribution < -0.4 is 15.2 Å². The summed E-state index contributed by atoms with van der Waals surface area (Å²) >= 11 is 0. The second kappa shape index (κ2) is 9.70. The molecular weight excluding hydrogens is 559 g/mol. The molecule has 5 aromatic rings. The summed E-state index contributed by atoms with van der Waals surface area (Å²) < 4.78 is 77.2. The first-order chi connectivity index (χ1) is 19.5. The number of sulfonamides is 1.